The van der Waals surface area contributed by atoms with Crippen LogP contribution < -0.4 is 5.32 Å². The molecular formula is C19H11F3N6. The molecular weight excluding hydrogens is 369 g/mol. The average molecular weight is 380 g/mol. The van der Waals surface area contributed by atoms with Gasteiger partial charge in [-0.15, -0.1) is 0 Å². The van der Waals surface area contributed by atoms with Crippen molar-refractivity contribution in [3.8, 4) is 6.07 Å². The molecule has 28 heavy (non-hydrogen) atoms. The lowest BCUT2D eigenvalue weighted by atomic mass is 10.2. The number of alkyl halides is 3. The Morgan fingerprint density at radius 3 is 2.57 bits per heavy atom. The first-order valence-electron chi connectivity index (χ1n) is 8.09. The molecule has 1 aromatic carbocycles. The number of fused-ring (bicyclic) bond motifs is 3. The molecule has 3 aromatic heterocycles. The highest BCUT2D eigenvalue weighted by molar-refractivity contribution is 5.87. The van der Waals surface area contributed by atoms with E-state index in [1.165, 1.54) is 18.3 Å². The lowest BCUT2D eigenvalue weighted by Crippen LogP contribution is -2.04. The van der Waals surface area contributed by atoms with Crippen molar-refractivity contribution in [2.75, 3.05) is 5.32 Å². The van der Waals surface area contributed by atoms with E-state index in [-0.39, 0.29) is 0 Å². The Hall–Kier alpha value is -3.93. The van der Waals surface area contributed by atoms with Gasteiger partial charge in [-0.25, -0.2) is 9.50 Å². The standard InChI is InChI=1S/C19H11F3N6/c20-19(21,22)13-1-3-14(4-2-13)24-7-5-16-15-11-26-18-12(9-23)10-27-28(18)17(15)6-8-25-16/h1-8,10-11,24H/b7-5+. The van der Waals surface area contributed by atoms with E-state index in [0.29, 0.717) is 28.0 Å². The van der Waals surface area contributed by atoms with Crippen molar-refractivity contribution in [1.29, 1.82) is 5.26 Å². The Kier molecular flexibility index (Phi) is 4.16. The van der Waals surface area contributed by atoms with Crippen molar-refractivity contribution < 1.29 is 13.2 Å². The van der Waals surface area contributed by atoms with E-state index in [0.717, 1.165) is 17.6 Å². The van der Waals surface area contributed by atoms with Crippen LogP contribution in [-0.4, -0.2) is 19.6 Å². The molecule has 138 valence electrons. The number of hydrogen-bond acceptors (Lipinski definition) is 5. The third-order valence-electron chi connectivity index (χ3n) is 4.11. The Morgan fingerprint density at radius 2 is 1.86 bits per heavy atom. The number of rotatable bonds is 3. The van der Waals surface area contributed by atoms with Gasteiger partial charge in [0.05, 0.1) is 23.0 Å². The fraction of sp³-hybridized carbons (Fsp3) is 0.0526. The third kappa shape index (κ3) is 3.12. The van der Waals surface area contributed by atoms with Crippen LogP contribution in [0.25, 0.3) is 22.6 Å². The summed E-state index contributed by atoms with van der Waals surface area (Å²) in [5.41, 5.74) is 1.97. The number of aromatic nitrogens is 4. The van der Waals surface area contributed by atoms with Gasteiger partial charge in [-0.2, -0.15) is 23.5 Å². The minimum Gasteiger partial charge on any atom is -0.362 e. The minimum absolute atomic E-state index is 0.375. The van der Waals surface area contributed by atoms with E-state index >= 15 is 0 Å². The van der Waals surface area contributed by atoms with E-state index in [2.05, 4.69) is 20.4 Å². The highest BCUT2D eigenvalue weighted by Gasteiger charge is 2.29. The quantitative estimate of drug-likeness (QED) is 0.575. The maximum Gasteiger partial charge on any atom is 0.416 e. The molecule has 0 aliphatic carbocycles. The largest absolute Gasteiger partial charge is 0.416 e. The van der Waals surface area contributed by atoms with Crippen molar-refractivity contribution in [2.45, 2.75) is 6.18 Å². The van der Waals surface area contributed by atoms with Crippen LogP contribution in [0.1, 0.15) is 16.8 Å². The molecule has 4 aromatic rings. The van der Waals surface area contributed by atoms with Crippen LogP contribution in [0.3, 0.4) is 0 Å². The molecule has 4 rings (SSSR count). The second-order valence-electron chi connectivity index (χ2n) is 5.85. The van der Waals surface area contributed by atoms with Crippen molar-refractivity contribution in [3.63, 3.8) is 0 Å². The van der Waals surface area contributed by atoms with E-state index in [4.69, 9.17) is 5.26 Å². The number of pyridine rings is 1. The third-order valence-corrected chi connectivity index (χ3v) is 4.11. The molecule has 0 bridgehead atoms. The molecule has 0 saturated carbocycles. The van der Waals surface area contributed by atoms with E-state index in [1.54, 1.807) is 35.3 Å². The summed E-state index contributed by atoms with van der Waals surface area (Å²) in [5.74, 6) is 0. The zero-order chi connectivity index (χ0) is 19.7. The second kappa shape index (κ2) is 6.66. The fourth-order valence-electron chi connectivity index (χ4n) is 2.75. The summed E-state index contributed by atoms with van der Waals surface area (Å²) < 4.78 is 39.4. The van der Waals surface area contributed by atoms with Crippen molar-refractivity contribution in [1.82, 2.24) is 19.6 Å². The number of anilines is 1. The van der Waals surface area contributed by atoms with Gasteiger partial charge in [0.15, 0.2) is 5.65 Å². The normalized spacial score (nSPS) is 11.9. The van der Waals surface area contributed by atoms with Crippen LogP contribution in [0, 0.1) is 11.3 Å². The van der Waals surface area contributed by atoms with Crippen LogP contribution in [0.15, 0.2) is 55.1 Å². The Balaban J connectivity index is 1.62. The Morgan fingerprint density at radius 1 is 1.07 bits per heavy atom. The molecule has 3 heterocycles. The van der Waals surface area contributed by atoms with Gasteiger partial charge in [0.2, 0.25) is 0 Å². The van der Waals surface area contributed by atoms with Gasteiger partial charge in [0.25, 0.3) is 0 Å². The van der Waals surface area contributed by atoms with E-state index in [1.807, 2.05) is 6.07 Å². The van der Waals surface area contributed by atoms with Gasteiger partial charge in [-0.3, -0.25) is 4.98 Å². The van der Waals surface area contributed by atoms with Crippen LogP contribution in [-0.2, 0) is 6.18 Å². The van der Waals surface area contributed by atoms with Crippen molar-refractivity contribution in [3.05, 3.63) is 71.9 Å². The van der Waals surface area contributed by atoms with Crippen LogP contribution in [0.4, 0.5) is 18.9 Å². The number of nitriles is 1. The van der Waals surface area contributed by atoms with Gasteiger partial charge < -0.3 is 5.32 Å². The molecule has 0 radical (unpaired) electrons. The molecule has 0 amide bonds. The van der Waals surface area contributed by atoms with Gasteiger partial charge in [-0.1, -0.05) is 0 Å². The summed E-state index contributed by atoms with van der Waals surface area (Å²) in [6.07, 6.45) is 3.56. The summed E-state index contributed by atoms with van der Waals surface area (Å²) in [4.78, 5) is 8.57. The highest BCUT2D eigenvalue weighted by Crippen LogP contribution is 2.29. The molecule has 0 aliphatic rings. The minimum atomic E-state index is -4.36. The molecule has 0 saturated heterocycles. The highest BCUT2D eigenvalue weighted by atomic mass is 19.4. The summed E-state index contributed by atoms with van der Waals surface area (Å²) in [6, 6.07) is 8.52. The Bertz CT molecular complexity index is 1230. The smallest absolute Gasteiger partial charge is 0.362 e. The van der Waals surface area contributed by atoms with Crippen LogP contribution in [0.2, 0.25) is 0 Å². The SMILES string of the molecule is N#Cc1cnn2c1ncc1c(/C=C/Nc3ccc(C(F)(F)F)cc3)nccc12. The summed E-state index contributed by atoms with van der Waals surface area (Å²) in [7, 11) is 0. The summed E-state index contributed by atoms with van der Waals surface area (Å²) in [6.45, 7) is 0. The van der Waals surface area contributed by atoms with Gasteiger partial charge >= 0.3 is 6.18 Å². The maximum atomic E-state index is 12.6. The van der Waals surface area contributed by atoms with Gasteiger partial charge in [0.1, 0.15) is 11.6 Å². The van der Waals surface area contributed by atoms with E-state index in [9.17, 15) is 13.2 Å². The van der Waals surface area contributed by atoms with Gasteiger partial charge in [0, 0.05) is 29.7 Å². The molecule has 0 aliphatic heterocycles. The topological polar surface area (TPSA) is 78.9 Å². The lowest BCUT2D eigenvalue weighted by Gasteiger charge is -2.07. The zero-order valence-electron chi connectivity index (χ0n) is 14.1. The molecule has 9 heteroatoms. The van der Waals surface area contributed by atoms with Crippen molar-refractivity contribution >= 4 is 28.3 Å². The monoisotopic (exact) mass is 380 g/mol. The Labute approximate surface area is 156 Å². The summed E-state index contributed by atoms with van der Waals surface area (Å²) in [5, 5.41) is 16.9. The molecule has 0 spiro atoms. The van der Waals surface area contributed by atoms with Crippen molar-refractivity contribution in [2.24, 2.45) is 0 Å². The summed E-state index contributed by atoms with van der Waals surface area (Å²) >= 11 is 0. The predicted molar refractivity (Wildman–Crippen MR) is 97.1 cm³/mol. The predicted octanol–water partition coefficient (Wildman–Crippen LogP) is 4.25. The molecule has 0 fully saturated rings. The number of benzene rings is 1. The average Bonchev–Trinajstić information content (AvgIpc) is 3.11. The molecule has 0 unspecified atom stereocenters. The maximum absolute atomic E-state index is 12.6. The fourth-order valence-corrected chi connectivity index (χ4v) is 2.75. The van der Waals surface area contributed by atoms with Crippen LogP contribution >= 0.6 is 0 Å². The van der Waals surface area contributed by atoms with E-state index < -0.39 is 11.7 Å². The molecule has 6 nitrogen and oxygen atoms in total. The lowest BCUT2D eigenvalue weighted by molar-refractivity contribution is -0.137. The number of nitrogens with one attached hydrogen (secondary N) is 1. The number of halogens is 3. The first kappa shape index (κ1) is 17.5. The molecule has 0 atom stereocenters. The zero-order valence-corrected chi connectivity index (χ0v) is 14.1. The first-order chi connectivity index (χ1) is 13.5. The van der Waals surface area contributed by atoms with Crippen LogP contribution in [0.5, 0.6) is 0 Å². The number of nitrogens with zero attached hydrogens (tertiary/aromatic N) is 5. The second-order valence-corrected chi connectivity index (χ2v) is 5.85. The number of hydrogen-bond donors (Lipinski definition) is 1. The first-order valence-corrected chi connectivity index (χ1v) is 8.09. The van der Waals surface area contributed by atoms with Gasteiger partial charge in [-0.05, 0) is 36.4 Å². The molecule has 1 N–H and O–H groups in total.